The van der Waals surface area contributed by atoms with Gasteiger partial charge in [0.25, 0.3) is 0 Å². The third kappa shape index (κ3) is 12.0. The van der Waals surface area contributed by atoms with E-state index in [-0.39, 0.29) is 60.3 Å². The van der Waals surface area contributed by atoms with E-state index in [0.717, 1.165) is 23.3 Å². The summed E-state index contributed by atoms with van der Waals surface area (Å²) in [6.07, 6.45) is 0.295. The largest absolute Gasteiger partial charge is 0.461 e. The standard InChI is InChI=1S/C40H50ClF2N7O10S/c1-21-11-31-39(56)48(4)33(17-44-61(5,58)59)36(53)45-23(3)37(54)50-19-22(2)12-32(50)40(57)60-20-30(38(55)49(31)18-21)47-35(52)29(14-24-7-6-8-27(42)13-24)46-34(51)15-25-9-10-26(41)16-28(25)43/h6-10,13,16,21-23,29-33,44H,11-12,14-15,17-20H2,1-5H3,(H,45,53)(H,46,51)(H,47,52)/t21?,22-,23+,29+,30+,31+,32+,33+/m1/s1. The van der Waals surface area contributed by atoms with Crippen LogP contribution in [0, 0.1) is 23.5 Å². The number of hydrogen-bond donors (Lipinski definition) is 4. The number of nitrogens with one attached hydrogen (secondary N) is 4. The lowest BCUT2D eigenvalue weighted by Gasteiger charge is -2.35. The second kappa shape index (κ2) is 19.7. The van der Waals surface area contributed by atoms with E-state index in [1.165, 1.54) is 54.1 Å². The molecule has 6 amide bonds. The van der Waals surface area contributed by atoms with Crippen molar-refractivity contribution in [3.05, 3.63) is 70.2 Å². The summed E-state index contributed by atoms with van der Waals surface area (Å²) in [6, 6.07) is 0.586. The molecule has 3 aliphatic rings. The quantitative estimate of drug-likeness (QED) is 0.239. The second-order valence-corrected chi connectivity index (χ2v) is 18.3. The van der Waals surface area contributed by atoms with Crippen molar-refractivity contribution >= 4 is 63.0 Å². The Morgan fingerprint density at radius 3 is 2.23 bits per heavy atom. The van der Waals surface area contributed by atoms with Gasteiger partial charge in [-0.05, 0) is 67.0 Å². The molecule has 2 aromatic carbocycles. The fourth-order valence-corrected chi connectivity index (χ4v) is 8.40. The molecule has 3 heterocycles. The highest BCUT2D eigenvalue weighted by Gasteiger charge is 2.46. The minimum atomic E-state index is -3.88. The van der Waals surface area contributed by atoms with Gasteiger partial charge in [-0.15, -0.1) is 0 Å². The van der Waals surface area contributed by atoms with Crippen molar-refractivity contribution in [3.8, 4) is 0 Å². The summed E-state index contributed by atoms with van der Waals surface area (Å²) >= 11 is 5.86. The number of nitrogens with zero attached hydrogens (tertiary/aromatic N) is 3. The fraction of sp³-hybridized carbons (Fsp3) is 0.525. The molecule has 0 saturated carbocycles. The fourth-order valence-electron chi connectivity index (χ4n) is 7.78. The minimum absolute atomic E-state index is 0.0165. The zero-order valence-electron chi connectivity index (χ0n) is 34.3. The van der Waals surface area contributed by atoms with Crippen LogP contribution in [0.1, 0.15) is 44.7 Å². The Labute approximate surface area is 357 Å². The third-order valence-corrected chi connectivity index (χ3v) is 11.8. The highest BCUT2D eigenvalue weighted by atomic mass is 35.5. The summed E-state index contributed by atoms with van der Waals surface area (Å²) in [5.74, 6) is -7.79. The smallest absolute Gasteiger partial charge is 0.328 e. The van der Waals surface area contributed by atoms with Gasteiger partial charge in [-0.3, -0.25) is 28.8 Å². The van der Waals surface area contributed by atoms with Crippen LogP contribution in [0.4, 0.5) is 8.78 Å². The molecular weight excluding hydrogens is 844 g/mol. The molecule has 3 fully saturated rings. The van der Waals surface area contributed by atoms with Crippen molar-refractivity contribution in [2.75, 3.05) is 39.5 Å². The SMILES string of the molecule is CC1C[C@H]2C(=O)N(C)[C@@H](CNS(C)(=O)=O)C(=O)N[C@@H](C)C(=O)N3C[C@H](C)C[C@H]3C(=O)OC[C@H](NC(=O)[C@H](Cc3cccc(F)c3)NC(=O)Cc3ccc(Cl)cc3F)C(=O)N2C1. The first kappa shape index (κ1) is 46.8. The Kier molecular flexibility index (Phi) is 15.1. The maximum absolute atomic E-state index is 14.7. The molecule has 0 radical (unpaired) electrons. The van der Waals surface area contributed by atoms with Crippen molar-refractivity contribution in [1.82, 2.24) is 35.4 Å². The lowest BCUT2D eigenvalue weighted by Crippen LogP contribution is -2.62. The zero-order chi connectivity index (χ0) is 44.9. The van der Waals surface area contributed by atoms with E-state index >= 15 is 0 Å². The number of rotatable bonds is 10. The number of benzene rings is 2. The molecule has 4 N–H and O–H groups in total. The normalized spacial score (nSPS) is 26.0. The Bertz CT molecular complexity index is 2170. The summed E-state index contributed by atoms with van der Waals surface area (Å²) in [5, 5.41) is 7.72. The number of cyclic esters (lactones) is 1. The molecule has 0 aliphatic carbocycles. The molecule has 3 aliphatic heterocycles. The summed E-state index contributed by atoms with van der Waals surface area (Å²) in [4.78, 5) is 101. The van der Waals surface area contributed by atoms with Crippen molar-refractivity contribution < 1.29 is 55.5 Å². The zero-order valence-corrected chi connectivity index (χ0v) is 35.9. The van der Waals surface area contributed by atoms with Gasteiger partial charge >= 0.3 is 5.97 Å². The van der Waals surface area contributed by atoms with Crippen molar-refractivity contribution in [2.24, 2.45) is 11.8 Å². The van der Waals surface area contributed by atoms with Crippen LogP contribution in [0.3, 0.4) is 0 Å². The lowest BCUT2D eigenvalue weighted by molar-refractivity contribution is -0.158. The molecule has 17 nitrogen and oxygen atoms in total. The van der Waals surface area contributed by atoms with Crippen molar-refractivity contribution in [2.45, 2.75) is 82.7 Å². The molecule has 332 valence electrons. The molecule has 2 aromatic rings. The van der Waals surface area contributed by atoms with Gasteiger partial charge in [-0.25, -0.2) is 26.7 Å². The first-order chi connectivity index (χ1) is 28.6. The number of amides is 6. The van der Waals surface area contributed by atoms with E-state index in [2.05, 4.69) is 20.7 Å². The van der Waals surface area contributed by atoms with Gasteiger partial charge in [0.15, 0.2) is 0 Å². The second-order valence-electron chi connectivity index (χ2n) is 16.1. The van der Waals surface area contributed by atoms with Gasteiger partial charge in [0.05, 0.1) is 12.7 Å². The first-order valence-corrected chi connectivity index (χ1v) is 22.0. The number of carbonyl (C=O) groups is 7. The van der Waals surface area contributed by atoms with E-state index in [4.69, 9.17) is 16.3 Å². The maximum Gasteiger partial charge on any atom is 0.328 e. The molecule has 21 heteroatoms. The monoisotopic (exact) mass is 893 g/mol. The minimum Gasteiger partial charge on any atom is -0.461 e. The van der Waals surface area contributed by atoms with E-state index in [1.807, 2.05) is 0 Å². The Hall–Kier alpha value is -5.21. The highest BCUT2D eigenvalue weighted by molar-refractivity contribution is 7.88. The predicted molar refractivity (Wildman–Crippen MR) is 216 cm³/mol. The summed E-state index contributed by atoms with van der Waals surface area (Å²) in [7, 11) is -2.63. The maximum atomic E-state index is 14.7. The lowest BCUT2D eigenvalue weighted by atomic mass is 10.0. The highest BCUT2D eigenvalue weighted by Crippen LogP contribution is 2.28. The molecule has 61 heavy (non-hydrogen) atoms. The molecular formula is C40H50ClF2N7O10S. The predicted octanol–water partition coefficient (Wildman–Crippen LogP) is 0.285. The number of likely N-dealkylation sites (N-methyl/N-ethyl adjacent to an activating group) is 1. The van der Waals surface area contributed by atoms with E-state index in [0.29, 0.717) is 0 Å². The average Bonchev–Trinajstić information content (AvgIpc) is 3.77. The van der Waals surface area contributed by atoms with Gasteiger partial charge in [0, 0.05) is 38.1 Å². The van der Waals surface area contributed by atoms with Gasteiger partial charge < -0.3 is 35.4 Å². The number of ether oxygens (including phenoxy) is 1. The Morgan fingerprint density at radius 2 is 1.59 bits per heavy atom. The Morgan fingerprint density at radius 1 is 0.934 bits per heavy atom. The molecule has 0 aromatic heterocycles. The van der Waals surface area contributed by atoms with Crippen LogP contribution in [0.5, 0.6) is 0 Å². The van der Waals surface area contributed by atoms with Gasteiger partial charge in [-0.1, -0.05) is 43.6 Å². The van der Waals surface area contributed by atoms with E-state index in [1.54, 1.807) is 13.8 Å². The van der Waals surface area contributed by atoms with Crippen LogP contribution in [0.15, 0.2) is 42.5 Å². The number of halogens is 3. The molecule has 8 atom stereocenters. The van der Waals surface area contributed by atoms with Crippen LogP contribution >= 0.6 is 11.6 Å². The van der Waals surface area contributed by atoms with Gasteiger partial charge in [0.2, 0.25) is 45.5 Å². The first-order valence-electron chi connectivity index (χ1n) is 19.7. The summed E-state index contributed by atoms with van der Waals surface area (Å²) < 4.78 is 61.1. The Balaban J connectivity index is 1.51. The number of fused-ring (bicyclic) bond motifs is 2. The third-order valence-electron chi connectivity index (χ3n) is 10.9. The number of esters is 1. The van der Waals surface area contributed by atoms with Crippen LogP contribution < -0.4 is 20.7 Å². The number of carbonyl (C=O) groups excluding carboxylic acids is 7. The molecule has 3 saturated heterocycles. The molecule has 1 unspecified atom stereocenters. The van der Waals surface area contributed by atoms with E-state index in [9.17, 15) is 50.8 Å². The van der Waals surface area contributed by atoms with Gasteiger partial charge in [0.1, 0.15) is 54.5 Å². The molecule has 0 spiro atoms. The van der Waals surface area contributed by atoms with Crippen LogP contribution in [-0.4, -0.2) is 140 Å². The number of sulfonamides is 1. The van der Waals surface area contributed by atoms with Crippen molar-refractivity contribution in [3.63, 3.8) is 0 Å². The summed E-state index contributed by atoms with van der Waals surface area (Å²) in [6.45, 7) is 3.66. The van der Waals surface area contributed by atoms with Crippen LogP contribution in [0.25, 0.3) is 0 Å². The van der Waals surface area contributed by atoms with Crippen LogP contribution in [-0.2, 0) is 61.2 Å². The summed E-state index contributed by atoms with van der Waals surface area (Å²) in [5.41, 5.74) is 0.236. The molecule has 5 rings (SSSR count). The average molecular weight is 894 g/mol. The topological polar surface area (TPSA) is 221 Å². The van der Waals surface area contributed by atoms with Gasteiger partial charge in [-0.2, -0.15) is 0 Å². The van der Waals surface area contributed by atoms with Crippen LogP contribution in [0.2, 0.25) is 5.02 Å². The van der Waals surface area contributed by atoms with Crippen molar-refractivity contribution in [1.29, 1.82) is 0 Å². The van der Waals surface area contributed by atoms with E-state index < -0.39 is 119 Å². The molecule has 0 bridgehead atoms. The number of hydrogen-bond acceptors (Lipinski definition) is 10.